The fourth-order valence-electron chi connectivity index (χ4n) is 3.02. The van der Waals surface area contributed by atoms with Crippen molar-refractivity contribution >= 4 is 0 Å². The number of hydrogen-bond donors (Lipinski definition) is 1. The summed E-state index contributed by atoms with van der Waals surface area (Å²) in [6, 6.07) is 5.08. The van der Waals surface area contributed by atoms with Gasteiger partial charge < -0.3 is 5.32 Å². The maximum absolute atomic E-state index is 3.50. The molecule has 0 saturated heterocycles. The maximum Gasteiger partial charge on any atom is 0.0348 e. The third kappa shape index (κ3) is 3.32. The molecule has 0 radical (unpaired) electrons. The normalized spacial score (nSPS) is 14.7. The molecule has 0 fully saturated rings. The van der Waals surface area contributed by atoms with Crippen molar-refractivity contribution in [3.8, 4) is 0 Å². The van der Waals surface area contributed by atoms with Crippen LogP contribution < -0.4 is 5.32 Å². The Morgan fingerprint density at radius 1 is 1.12 bits per heavy atom. The van der Waals surface area contributed by atoms with E-state index >= 15 is 0 Å². The van der Waals surface area contributed by atoms with Gasteiger partial charge in [-0.15, -0.1) is 0 Å². The molecule has 0 spiro atoms. The van der Waals surface area contributed by atoms with Crippen LogP contribution in [0.2, 0.25) is 0 Å². The van der Waals surface area contributed by atoms with E-state index in [1.807, 2.05) is 0 Å². The Morgan fingerprint density at radius 3 is 2.06 bits per heavy atom. The number of aryl methyl sites for hydroxylation is 3. The molecule has 1 aromatic carbocycles. The lowest BCUT2D eigenvalue weighted by Gasteiger charge is -2.27. The average Bonchev–Trinajstić information content (AvgIpc) is 2.23. The van der Waals surface area contributed by atoms with Crippen LogP contribution in [0.4, 0.5) is 0 Å². The van der Waals surface area contributed by atoms with Gasteiger partial charge in [-0.25, -0.2) is 0 Å². The molecule has 0 saturated carbocycles. The molecule has 1 rings (SSSR count). The SMILES string of the molecule is CCCC(C)C(NC)c1c(C)cc(C)cc1C. The van der Waals surface area contributed by atoms with Crippen LogP contribution in [0.3, 0.4) is 0 Å². The minimum absolute atomic E-state index is 0.482. The second-order valence-corrected chi connectivity index (χ2v) is 5.34. The van der Waals surface area contributed by atoms with E-state index < -0.39 is 0 Å². The third-order valence-electron chi connectivity index (χ3n) is 3.67. The van der Waals surface area contributed by atoms with Crippen LogP contribution in [0.15, 0.2) is 12.1 Å². The van der Waals surface area contributed by atoms with Crippen molar-refractivity contribution in [1.82, 2.24) is 5.32 Å². The highest BCUT2D eigenvalue weighted by Crippen LogP contribution is 2.30. The van der Waals surface area contributed by atoms with Crippen LogP contribution in [0.25, 0.3) is 0 Å². The molecule has 1 heteroatoms. The van der Waals surface area contributed by atoms with Crippen molar-refractivity contribution in [1.29, 1.82) is 0 Å². The number of rotatable bonds is 5. The Labute approximate surface area is 107 Å². The molecule has 0 aliphatic carbocycles. The van der Waals surface area contributed by atoms with Crippen LogP contribution in [-0.2, 0) is 0 Å². The second-order valence-electron chi connectivity index (χ2n) is 5.34. The van der Waals surface area contributed by atoms with Gasteiger partial charge in [0.25, 0.3) is 0 Å². The minimum Gasteiger partial charge on any atom is -0.313 e. The van der Waals surface area contributed by atoms with E-state index in [0.717, 1.165) is 0 Å². The van der Waals surface area contributed by atoms with Crippen molar-refractivity contribution < 1.29 is 0 Å². The lowest BCUT2D eigenvalue weighted by molar-refractivity contribution is 0.381. The van der Waals surface area contributed by atoms with Crippen LogP contribution in [0.1, 0.15) is 55.0 Å². The van der Waals surface area contributed by atoms with Crippen LogP contribution in [-0.4, -0.2) is 7.05 Å². The molecule has 96 valence electrons. The van der Waals surface area contributed by atoms with E-state index in [-0.39, 0.29) is 0 Å². The van der Waals surface area contributed by atoms with Crippen molar-refractivity contribution in [2.24, 2.45) is 5.92 Å². The summed E-state index contributed by atoms with van der Waals surface area (Å²) in [5, 5.41) is 3.50. The average molecular weight is 233 g/mol. The molecule has 2 unspecified atom stereocenters. The highest BCUT2D eigenvalue weighted by atomic mass is 14.9. The summed E-state index contributed by atoms with van der Waals surface area (Å²) in [4.78, 5) is 0. The first-order valence-corrected chi connectivity index (χ1v) is 6.76. The molecule has 0 aliphatic heterocycles. The molecule has 0 aromatic heterocycles. The van der Waals surface area contributed by atoms with Gasteiger partial charge in [0.2, 0.25) is 0 Å². The van der Waals surface area contributed by atoms with Crippen molar-refractivity contribution in [2.75, 3.05) is 7.05 Å². The maximum atomic E-state index is 3.50. The van der Waals surface area contributed by atoms with Gasteiger partial charge in [0.15, 0.2) is 0 Å². The van der Waals surface area contributed by atoms with E-state index in [0.29, 0.717) is 12.0 Å². The van der Waals surface area contributed by atoms with Gasteiger partial charge in [-0.3, -0.25) is 0 Å². The van der Waals surface area contributed by atoms with E-state index in [9.17, 15) is 0 Å². The highest BCUT2D eigenvalue weighted by Gasteiger charge is 2.20. The number of benzene rings is 1. The van der Waals surface area contributed by atoms with Crippen LogP contribution in [0.5, 0.6) is 0 Å². The monoisotopic (exact) mass is 233 g/mol. The topological polar surface area (TPSA) is 12.0 Å². The predicted molar refractivity (Wildman–Crippen MR) is 76.5 cm³/mol. The Morgan fingerprint density at radius 2 is 1.65 bits per heavy atom. The zero-order chi connectivity index (χ0) is 13.0. The summed E-state index contributed by atoms with van der Waals surface area (Å²) in [7, 11) is 2.08. The molecular weight excluding hydrogens is 206 g/mol. The van der Waals surface area contributed by atoms with Gasteiger partial charge in [-0.2, -0.15) is 0 Å². The quantitative estimate of drug-likeness (QED) is 0.799. The second kappa shape index (κ2) is 6.20. The molecule has 0 bridgehead atoms. The zero-order valence-electron chi connectivity index (χ0n) is 12.2. The summed E-state index contributed by atoms with van der Waals surface area (Å²) in [5.74, 6) is 0.685. The summed E-state index contributed by atoms with van der Waals surface area (Å²) < 4.78 is 0. The van der Waals surface area contributed by atoms with Gasteiger partial charge in [-0.1, -0.05) is 38.0 Å². The summed E-state index contributed by atoms with van der Waals surface area (Å²) >= 11 is 0. The number of nitrogens with one attached hydrogen (secondary N) is 1. The number of hydrogen-bond acceptors (Lipinski definition) is 1. The third-order valence-corrected chi connectivity index (χ3v) is 3.67. The minimum atomic E-state index is 0.482. The summed E-state index contributed by atoms with van der Waals surface area (Å²) in [5.41, 5.74) is 5.70. The summed E-state index contributed by atoms with van der Waals surface area (Å²) in [6.07, 6.45) is 2.53. The van der Waals surface area contributed by atoms with E-state index in [4.69, 9.17) is 0 Å². The first-order chi connectivity index (χ1) is 8.01. The lowest BCUT2D eigenvalue weighted by Crippen LogP contribution is -2.25. The Hall–Kier alpha value is -0.820. The molecule has 17 heavy (non-hydrogen) atoms. The van der Waals surface area contributed by atoms with Crippen molar-refractivity contribution in [2.45, 2.75) is 53.5 Å². The molecule has 0 amide bonds. The van der Waals surface area contributed by atoms with Crippen molar-refractivity contribution in [3.63, 3.8) is 0 Å². The van der Waals surface area contributed by atoms with Crippen LogP contribution >= 0.6 is 0 Å². The Bertz CT molecular complexity index is 345. The molecule has 0 heterocycles. The molecule has 0 aliphatic rings. The fraction of sp³-hybridized carbons (Fsp3) is 0.625. The Kier molecular flexibility index (Phi) is 5.20. The lowest BCUT2D eigenvalue weighted by atomic mass is 9.85. The molecule has 2 atom stereocenters. The standard InChI is InChI=1S/C16H27N/c1-7-8-12(3)16(17-6)15-13(4)9-11(2)10-14(15)5/h9-10,12,16-17H,7-8H2,1-6H3. The zero-order valence-corrected chi connectivity index (χ0v) is 12.2. The fourth-order valence-corrected chi connectivity index (χ4v) is 3.02. The first kappa shape index (κ1) is 14.2. The smallest absolute Gasteiger partial charge is 0.0348 e. The van der Waals surface area contributed by atoms with Gasteiger partial charge in [-0.05, 0) is 56.8 Å². The Balaban J connectivity index is 3.11. The predicted octanol–water partition coefficient (Wildman–Crippen LogP) is 4.31. The van der Waals surface area contributed by atoms with Gasteiger partial charge >= 0.3 is 0 Å². The van der Waals surface area contributed by atoms with E-state index in [1.165, 1.54) is 35.1 Å². The van der Waals surface area contributed by atoms with E-state index in [1.54, 1.807) is 0 Å². The molecule has 1 aromatic rings. The van der Waals surface area contributed by atoms with Gasteiger partial charge in [0.05, 0.1) is 0 Å². The molecule has 1 N–H and O–H groups in total. The molecule has 1 nitrogen and oxygen atoms in total. The largest absolute Gasteiger partial charge is 0.313 e. The van der Waals surface area contributed by atoms with E-state index in [2.05, 4.69) is 59.1 Å². The van der Waals surface area contributed by atoms with Gasteiger partial charge in [0.1, 0.15) is 0 Å². The molecular formula is C16H27N. The van der Waals surface area contributed by atoms with Crippen molar-refractivity contribution in [3.05, 3.63) is 34.4 Å². The summed E-state index contributed by atoms with van der Waals surface area (Å²) in [6.45, 7) is 11.3. The first-order valence-electron chi connectivity index (χ1n) is 6.76. The van der Waals surface area contributed by atoms with Gasteiger partial charge in [0, 0.05) is 6.04 Å². The van der Waals surface area contributed by atoms with Crippen LogP contribution in [0, 0.1) is 26.7 Å². The highest BCUT2D eigenvalue weighted by molar-refractivity contribution is 5.39.